The quantitative estimate of drug-likeness (QED) is 0.632. The minimum atomic E-state index is -0.495. The van der Waals surface area contributed by atoms with Gasteiger partial charge in [-0.25, -0.2) is 0 Å². The first kappa shape index (κ1) is 13.0. The van der Waals surface area contributed by atoms with Crippen LogP contribution in [0.3, 0.4) is 0 Å². The zero-order valence-corrected chi connectivity index (χ0v) is 10.5. The zero-order valence-electron chi connectivity index (χ0n) is 10.5. The third-order valence-corrected chi connectivity index (χ3v) is 2.79. The highest BCUT2D eigenvalue weighted by molar-refractivity contribution is 6.42. The van der Waals surface area contributed by atoms with Gasteiger partial charge in [0.1, 0.15) is 0 Å². The van der Waals surface area contributed by atoms with Gasteiger partial charge in [-0.3, -0.25) is 19.9 Å². The van der Waals surface area contributed by atoms with E-state index in [0.717, 1.165) is 12.0 Å². The topological polar surface area (TPSA) is 96.6 Å². The zero-order chi connectivity index (χ0) is 13.8. The summed E-state index contributed by atoms with van der Waals surface area (Å²) in [6, 6.07) is 4.35. The van der Waals surface area contributed by atoms with E-state index in [2.05, 4.69) is 15.6 Å². The minimum Gasteiger partial charge on any atom is -0.366 e. The summed E-state index contributed by atoms with van der Waals surface area (Å²) < 4.78 is 0. The Morgan fingerprint density at radius 2 is 2.32 bits per heavy atom. The lowest BCUT2D eigenvalue weighted by atomic mass is 10.2. The summed E-state index contributed by atoms with van der Waals surface area (Å²) in [5, 5.41) is 16.2. The second-order valence-corrected chi connectivity index (χ2v) is 4.22. The summed E-state index contributed by atoms with van der Waals surface area (Å²) in [5.74, 6) is -0.0968. The fraction of sp³-hybridized carbons (Fsp3) is 0.333. The Kier molecular flexibility index (Phi) is 3.74. The van der Waals surface area contributed by atoms with E-state index in [1.54, 1.807) is 13.0 Å². The lowest BCUT2D eigenvalue weighted by Gasteiger charge is -2.14. The third kappa shape index (κ3) is 3.06. The maximum atomic E-state index is 11.9. The van der Waals surface area contributed by atoms with Gasteiger partial charge in [0, 0.05) is 25.2 Å². The smallest absolute Gasteiger partial charge is 0.290 e. The minimum absolute atomic E-state index is 0.0561. The first-order chi connectivity index (χ1) is 9.08. The number of nitro groups is 1. The Balaban J connectivity index is 2.18. The molecule has 1 aromatic carbocycles. The van der Waals surface area contributed by atoms with E-state index in [1.807, 2.05) is 0 Å². The molecule has 0 saturated carbocycles. The molecule has 0 spiro atoms. The van der Waals surface area contributed by atoms with Gasteiger partial charge in [-0.1, -0.05) is 6.07 Å². The maximum Gasteiger partial charge on any atom is 0.290 e. The molecule has 1 aliphatic heterocycles. The number of amidine groups is 1. The Hall–Kier alpha value is -2.44. The van der Waals surface area contributed by atoms with Gasteiger partial charge >= 0.3 is 0 Å². The second-order valence-electron chi connectivity index (χ2n) is 4.22. The van der Waals surface area contributed by atoms with E-state index in [-0.39, 0.29) is 17.4 Å². The van der Waals surface area contributed by atoms with Crippen molar-refractivity contribution in [3.63, 3.8) is 0 Å². The van der Waals surface area contributed by atoms with Gasteiger partial charge in [-0.15, -0.1) is 0 Å². The van der Waals surface area contributed by atoms with Crippen LogP contribution in [-0.4, -0.2) is 29.8 Å². The molecule has 7 heteroatoms. The second kappa shape index (κ2) is 5.47. The number of carbonyl (C=O) groups excluding carboxylic acids is 1. The molecule has 0 saturated heterocycles. The van der Waals surface area contributed by atoms with Crippen LogP contribution in [0.1, 0.15) is 12.0 Å². The number of nitrogens with one attached hydrogen (secondary N) is 2. The average molecular weight is 262 g/mol. The SMILES string of the molecule is Cc1ccc([N+](=O)[O-])cc1NC(=O)C1=NCCCN1. The summed E-state index contributed by atoms with van der Waals surface area (Å²) in [4.78, 5) is 26.2. The van der Waals surface area contributed by atoms with Crippen molar-refractivity contribution in [3.05, 3.63) is 33.9 Å². The third-order valence-electron chi connectivity index (χ3n) is 2.79. The molecule has 0 fully saturated rings. The lowest BCUT2D eigenvalue weighted by Crippen LogP contribution is -2.39. The van der Waals surface area contributed by atoms with Crippen molar-refractivity contribution in [2.75, 3.05) is 18.4 Å². The average Bonchev–Trinajstić information content (AvgIpc) is 2.42. The van der Waals surface area contributed by atoms with Gasteiger partial charge in [0.2, 0.25) is 0 Å². The number of aryl methyl sites for hydroxylation is 1. The molecular weight excluding hydrogens is 248 g/mol. The monoisotopic (exact) mass is 262 g/mol. The molecule has 0 unspecified atom stereocenters. The summed E-state index contributed by atoms with van der Waals surface area (Å²) in [6.45, 7) is 3.10. The molecule has 0 aliphatic carbocycles. The van der Waals surface area contributed by atoms with Crippen molar-refractivity contribution in [2.45, 2.75) is 13.3 Å². The molecule has 2 rings (SSSR count). The number of amides is 1. The van der Waals surface area contributed by atoms with E-state index in [1.165, 1.54) is 12.1 Å². The molecule has 0 radical (unpaired) electrons. The lowest BCUT2D eigenvalue weighted by molar-refractivity contribution is -0.384. The molecule has 7 nitrogen and oxygen atoms in total. The molecule has 1 heterocycles. The van der Waals surface area contributed by atoms with E-state index in [4.69, 9.17) is 0 Å². The molecule has 1 amide bonds. The number of hydrogen-bond donors (Lipinski definition) is 2. The molecule has 2 N–H and O–H groups in total. The van der Waals surface area contributed by atoms with Crippen molar-refractivity contribution in [2.24, 2.45) is 4.99 Å². The Labute approximate surface area is 109 Å². The highest BCUT2D eigenvalue weighted by Crippen LogP contribution is 2.21. The summed E-state index contributed by atoms with van der Waals surface area (Å²) >= 11 is 0. The van der Waals surface area contributed by atoms with Crippen molar-refractivity contribution in [1.82, 2.24) is 5.32 Å². The van der Waals surface area contributed by atoms with E-state index in [9.17, 15) is 14.9 Å². The number of anilines is 1. The van der Waals surface area contributed by atoms with Crippen LogP contribution in [0.2, 0.25) is 0 Å². The van der Waals surface area contributed by atoms with Gasteiger partial charge in [0.05, 0.1) is 10.6 Å². The Morgan fingerprint density at radius 1 is 1.53 bits per heavy atom. The van der Waals surface area contributed by atoms with E-state index in [0.29, 0.717) is 18.8 Å². The van der Waals surface area contributed by atoms with Crippen LogP contribution in [-0.2, 0) is 4.79 Å². The van der Waals surface area contributed by atoms with Gasteiger partial charge in [0.25, 0.3) is 11.6 Å². The Bertz CT molecular complexity index is 554. The predicted molar refractivity (Wildman–Crippen MR) is 71.4 cm³/mol. The van der Waals surface area contributed by atoms with Crippen molar-refractivity contribution in [1.29, 1.82) is 0 Å². The fourth-order valence-electron chi connectivity index (χ4n) is 1.72. The maximum absolute atomic E-state index is 11.9. The number of hydrogen-bond acceptors (Lipinski definition) is 5. The van der Waals surface area contributed by atoms with Crippen LogP contribution >= 0.6 is 0 Å². The van der Waals surface area contributed by atoms with Crippen molar-refractivity contribution < 1.29 is 9.72 Å². The summed E-state index contributed by atoms with van der Waals surface area (Å²) in [5.41, 5.74) is 1.13. The largest absolute Gasteiger partial charge is 0.366 e. The van der Waals surface area contributed by atoms with E-state index < -0.39 is 4.92 Å². The standard InChI is InChI=1S/C12H14N4O3/c1-8-3-4-9(16(18)19)7-10(8)15-12(17)11-13-5-2-6-14-11/h3-4,7H,2,5-6H2,1H3,(H,13,14)(H,15,17). The van der Waals surface area contributed by atoms with Gasteiger partial charge < -0.3 is 10.6 Å². The molecular formula is C12H14N4O3. The van der Waals surface area contributed by atoms with Crippen LogP contribution in [0.25, 0.3) is 0 Å². The van der Waals surface area contributed by atoms with Crippen LogP contribution in [0, 0.1) is 17.0 Å². The number of non-ortho nitro benzene ring substituents is 1. The summed E-state index contributed by atoms with van der Waals surface area (Å²) in [7, 11) is 0. The number of carbonyl (C=O) groups is 1. The van der Waals surface area contributed by atoms with Crippen LogP contribution in [0.4, 0.5) is 11.4 Å². The molecule has 19 heavy (non-hydrogen) atoms. The van der Waals surface area contributed by atoms with Crippen molar-refractivity contribution >= 4 is 23.1 Å². The normalized spacial score (nSPS) is 14.3. The molecule has 1 aromatic rings. The molecule has 1 aliphatic rings. The number of aliphatic imine (C=N–C) groups is 1. The van der Waals surface area contributed by atoms with Gasteiger partial charge in [-0.2, -0.15) is 0 Å². The van der Waals surface area contributed by atoms with Crippen LogP contribution in [0.5, 0.6) is 0 Å². The van der Waals surface area contributed by atoms with Gasteiger partial charge in [-0.05, 0) is 18.9 Å². The highest BCUT2D eigenvalue weighted by Gasteiger charge is 2.16. The predicted octanol–water partition coefficient (Wildman–Crippen LogP) is 1.23. The van der Waals surface area contributed by atoms with Crippen LogP contribution in [0.15, 0.2) is 23.2 Å². The fourth-order valence-corrected chi connectivity index (χ4v) is 1.72. The number of benzene rings is 1. The summed E-state index contributed by atoms with van der Waals surface area (Å²) in [6.07, 6.45) is 0.895. The molecule has 0 bridgehead atoms. The number of rotatable bonds is 3. The van der Waals surface area contributed by atoms with Crippen LogP contribution < -0.4 is 10.6 Å². The number of nitrogens with zero attached hydrogens (tertiary/aromatic N) is 2. The van der Waals surface area contributed by atoms with Gasteiger partial charge in [0.15, 0.2) is 5.84 Å². The first-order valence-electron chi connectivity index (χ1n) is 5.92. The Morgan fingerprint density at radius 3 is 2.95 bits per heavy atom. The molecule has 0 aromatic heterocycles. The molecule has 0 atom stereocenters. The number of nitro benzene ring substituents is 1. The van der Waals surface area contributed by atoms with Crippen molar-refractivity contribution in [3.8, 4) is 0 Å². The molecule has 100 valence electrons. The van der Waals surface area contributed by atoms with E-state index >= 15 is 0 Å². The highest BCUT2D eigenvalue weighted by atomic mass is 16.6. The first-order valence-corrected chi connectivity index (χ1v) is 5.92.